The van der Waals surface area contributed by atoms with Crippen molar-refractivity contribution in [3.8, 4) is 11.5 Å². The second-order valence-corrected chi connectivity index (χ2v) is 4.81. The topological polar surface area (TPSA) is 47.6 Å². The average molecular weight is 287 g/mol. The van der Waals surface area contributed by atoms with Crippen LogP contribution in [0.1, 0.15) is 6.92 Å². The van der Waals surface area contributed by atoms with Crippen molar-refractivity contribution in [2.24, 2.45) is 0 Å². The summed E-state index contributed by atoms with van der Waals surface area (Å²) in [6.07, 6.45) is -1.23. The van der Waals surface area contributed by atoms with Crippen molar-refractivity contribution in [2.45, 2.75) is 19.1 Å². The number of amides is 1. The van der Waals surface area contributed by atoms with Gasteiger partial charge in [0.25, 0.3) is 5.91 Å². The van der Waals surface area contributed by atoms with Gasteiger partial charge in [-0.1, -0.05) is 18.2 Å². The van der Waals surface area contributed by atoms with Crippen LogP contribution >= 0.6 is 0 Å². The molecule has 2 atom stereocenters. The predicted octanol–water partition coefficient (Wildman–Crippen LogP) is 2.99. The molecule has 1 aliphatic heterocycles. The highest BCUT2D eigenvalue weighted by atomic mass is 19.1. The van der Waals surface area contributed by atoms with Crippen molar-refractivity contribution >= 4 is 11.6 Å². The van der Waals surface area contributed by atoms with Gasteiger partial charge in [0.1, 0.15) is 11.9 Å². The minimum atomic E-state index is -0.789. The summed E-state index contributed by atoms with van der Waals surface area (Å²) in [6.45, 7) is 1.76. The van der Waals surface area contributed by atoms with Gasteiger partial charge in [-0.2, -0.15) is 0 Å². The summed E-state index contributed by atoms with van der Waals surface area (Å²) < 4.78 is 24.5. The second kappa shape index (κ2) is 5.44. The van der Waals surface area contributed by atoms with E-state index in [9.17, 15) is 9.18 Å². The Bertz CT molecular complexity index is 674. The minimum absolute atomic E-state index is 0.373. The normalized spacial score (nSPS) is 19.9. The molecule has 0 aromatic heterocycles. The van der Waals surface area contributed by atoms with Crippen LogP contribution in [0.4, 0.5) is 10.1 Å². The lowest BCUT2D eigenvalue weighted by Gasteiger charge is -2.31. The molecule has 3 rings (SSSR count). The number of fused-ring (bicyclic) bond motifs is 1. The molecule has 1 amide bonds. The predicted molar refractivity (Wildman–Crippen MR) is 76.0 cm³/mol. The van der Waals surface area contributed by atoms with Crippen molar-refractivity contribution in [1.82, 2.24) is 0 Å². The summed E-state index contributed by atoms with van der Waals surface area (Å²) in [5.41, 5.74) is 0.384. The molecule has 1 aliphatic rings. The molecule has 4 nitrogen and oxygen atoms in total. The zero-order chi connectivity index (χ0) is 14.8. The summed E-state index contributed by atoms with van der Waals surface area (Å²) >= 11 is 0. The number of nitrogens with one attached hydrogen (secondary N) is 1. The smallest absolute Gasteiger partial charge is 0.269 e. The van der Waals surface area contributed by atoms with Crippen LogP contribution in [0.5, 0.6) is 11.5 Å². The van der Waals surface area contributed by atoms with E-state index in [0.29, 0.717) is 17.2 Å². The molecule has 1 N–H and O–H groups in total. The largest absolute Gasteiger partial charge is 0.482 e. The maximum Gasteiger partial charge on any atom is 0.269 e. The number of para-hydroxylation sites is 2. The van der Waals surface area contributed by atoms with Gasteiger partial charge in [-0.15, -0.1) is 0 Å². The van der Waals surface area contributed by atoms with Gasteiger partial charge >= 0.3 is 0 Å². The van der Waals surface area contributed by atoms with E-state index in [4.69, 9.17) is 9.47 Å². The van der Waals surface area contributed by atoms with E-state index in [1.165, 1.54) is 18.2 Å². The highest BCUT2D eigenvalue weighted by molar-refractivity contribution is 5.95. The van der Waals surface area contributed by atoms with E-state index in [1.807, 2.05) is 6.07 Å². The molecule has 108 valence electrons. The van der Waals surface area contributed by atoms with Crippen LogP contribution in [0.15, 0.2) is 48.5 Å². The van der Waals surface area contributed by atoms with Crippen molar-refractivity contribution < 1.29 is 18.7 Å². The highest BCUT2D eigenvalue weighted by Crippen LogP contribution is 2.33. The second-order valence-electron chi connectivity index (χ2n) is 4.81. The molecule has 0 spiro atoms. The first-order chi connectivity index (χ1) is 10.1. The number of carbonyl (C=O) groups is 1. The molecule has 2 aromatic carbocycles. The monoisotopic (exact) mass is 287 g/mol. The van der Waals surface area contributed by atoms with E-state index >= 15 is 0 Å². The summed E-state index contributed by atoms with van der Waals surface area (Å²) in [5, 5.41) is 2.63. The van der Waals surface area contributed by atoms with Crippen LogP contribution < -0.4 is 14.8 Å². The van der Waals surface area contributed by atoms with Gasteiger partial charge in [0, 0.05) is 5.69 Å². The highest BCUT2D eigenvalue weighted by Gasteiger charge is 2.34. The SMILES string of the molecule is C[C@@H]1Oc2ccccc2O[C@H]1C(=O)Nc1cccc(F)c1. The number of anilines is 1. The quantitative estimate of drug-likeness (QED) is 0.923. The molecular formula is C16H14FNO3. The molecule has 0 radical (unpaired) electrons. The fraction of sp³-hybridized carbons (Fsp3) is 0.188. The fourth-order valence-electron chi connectivity index (χ4n) is 2.19. The van der Waals surface area contributed by atoms with Gasteiger partial charge in [0.2, 0.25) is 6.10 Å². The van der Waals surface area contributed by atoms with E-state index in [1.54, 1.807) is 31.2 Å². The maximum absolute atomic E-state index is 13.1. The van der Waals surface area contributed by atoms with Crippen molar-refractivity contribution in [2.75, 3.05) is 5.32 Å². The number of halogens is 1. The molecule has 5 heteroatoms. The number of rotatable bonds is 2. The van der Waals surface area contributed by atoms with E-state index in [0.717, 1.165) is 0 Å². The Morgan fingerprint density at radius 3 is 2.52 bits per heavy atom. The third-order valence-electron chi connectivity index (χ3n) is 3.19. The van der Waals surface area contributed by atoms with Gasteiger partial charge in [0.15, 0.2) is 11.5 Å². The van der Waals surface area contributed by atoms with Crippen LogP contribution in [0.2, 0.25) is 0 Å². The summed E-state index contributed by atoms with van der Waals surface area (Å²) in [7, 11) is 0. The third kappa shape index (κ3) is 2.81. The molecule has 0 fully saturated rings. The Kier molecular flexibility index (Phi) is 3.48. The fourth-order valence-corrected chi connectivity index (χ4v) is 2.19. The number of hydrogen-bond donors (Lipinski definition) is 1. The Morgan fingerprint density at radius 2 is 1.81 bits per heavy atom. The number of hydrogen-bond acceptors (Lipinski definition) is 3. The number of benzene rings is 2. The van der Waals surface area contributed by atoms with Gasteiger partial charge in [0.05, 0.1) is 0 Å². The van der Waals surface area contributed by atoms with Gasteiger partial charge in [-0.05, 0) is 37.3 Å². The maximum atomic E-state index is 13.1. The van der Waals surface area contributed by atoms with Crippen molar-refractivity contribution in [3.05, 3.63) is 54.3 Å². The van der Waals surface area contributed by atoms with Crippen LogP contribution in [0, 0.1) is 5.82 Å². The Hall–Kier alpha value is -2.56. The molecular weight excluding hydrogens is 273 g/mol. The Balaban J connectivity index is 1.76. The molecule has 1 heterocycles. The zero-order valence-electron chi connectivity index (χ0n) is 11.4. The first-order valence-corrected chi connectivity index (χ1v) is 6.62. The first kappa shape index (κ1) is 13.4. The average Bonchev–Trinajstić information content (AvgIpc) is 2.46. The van der Waals surface area contributed by atoms with Gasteiger partial charge in [-0.3, -0.25) is 4.79 Å². The molecule has 21 heavy (non-hydrogen) atoms. The van der Waals surface area contributed by atoms with E-state index < -0.39 is 18.0 Å². The summed E-state index contributed by atoms with van der Waals surface area (Å²) in [5.74, 6) is 0.351. The lowest BCUT2D eigenvalue weighted by Crippen LogP contribution is -2.46. The Morgan fingerprint density at radius 1 is 1.10 bits per heavy atom. The standard InChI is InChI=1S/C16H14FNO3/c1-10-15(21-14-8-3-2-7-13(14)20-10)16(19)18-12-6-4-5-11(17)9-12/h2-10,15H,1H3,(H,18,19)/t10-,15+/m0/s1. The van der Waals surface area contributed by atoms with Crippen LogP contribution in [-0.2, 0) is 4.79 Å². The summed E-state index contributed by atoms with van der Waals surface area (Å²) in [4.78, 5) is 12.3. The van der Waals surface area contributed by atoms with Crippen molar-refractivity contribution in [3.63, 3.8) is 0 Å². The summed E-state index contributed by atoms with van der Waals surface area (Å²) in [6, 6.07) is 12.9. The molecule has 0 unspecified atom stereocenters. The van der Waals surface area contributed by atoms with Crippen LogP contribution in [-0.4, -0.2) is 18.1 Å². The lowest BCUT2D eigenvalue weighted by molar-refractivity contribution is -0.128. The zero-order valence-corrected chi connectivity index (χ0v) is 11.4. The van der Waals surface area contributed by atoms with Crippen molar-refractivity contribution in [1.29, 1.82) is 0 Å². The van der Waals surface area contributed by atoms with E-state index in [2.05, 4.69) is 5.32 Å². The molecule has 0 bridgehead atoms. The van der Waals surface area contributed by atoms with Gasteiger partial charge in [-0.25, -0.2) is 4.39 Å². The number of ether oxygens (including phenoxy) is 2. The van der Waals surface area contributed by atoms with E-state index in [-0.39, 0.29) is 5.91 Å². The molecule has 0 aliphatic carbocycles. The lowest BCUT2D eigenvalue weighted by atomic mass is 10.1. The third-order valence-corrected chi connectivity index (χ3v) is 3.19. The Labute approximate surface area is 121 Å². The van der Waals surface area contributed by atoms with Crippen LogP contribution in [0.3, 0.4) is 0 Å². The molecule has 0 saturated carbocycles. The molecule has 0 saturated heterocycles. The number of carbonyl (C=O) groups excluding carboxylic acids is 1. The van der Waals surface area contributed by atoms with Crippen LogP contribution in [0.25, 0.3) is 0 Å². The first-order valence-electron chi connectivity index (χ1n) is 6.62. The molecule has 2 aromatic rings. The van der Waals surface area contributed by atoms with Gasteiger partial charge < -0.3 is 14.8 Å². The minimum Gasteiger partial charge on any atom is -0.482 e.